The van der Waals surface area contributed by atoms with Crippen LogP contribution in [0.1, 0.15) is 18.5 Å². The molecule has 2 heterocycles. The second-order valence-corrected chi connectivity index (χ2v) is 3.89. The van der Waals surface area contributed by atoms with Gasteiger partial charge >= 0.3 is 0 Å². The van der Waals surface area contributed by atoms with Crippen molar-refractivity contribution in [3.63, 3.8) is 0 Å². The molecule has 3 heteroatoms. The lowest BCUT2D eigenvalue weighted by Crippen LogP contribution is -2.41. The van der Waals surface area contributed by atoms with Crippen molar-refractivity contribution in [1.29, 1.82) is 0 Å². The number of hydrogen-bond donors (Lipinski definition) is 0. The van der Waals surface area contributed by atoms with E-state index in [0.717, 1.165) is 13.1 Å². The molecule has 1 aliphatic carbocycles. The minimum Gasteiger partial charge on any atom is -0.293 e. The number of aromatic nitrogens is 2. The van der Waals surface area contributed by atoms with Gasteiger partial charge in [0.05, 0.1) is 17.8 Å². The van der Waals surface area contributed by atoms with E-state index in [1.165, 1.54) is 18.5 Å². The lowest BCUT2D eigenvalue weighted by Gasteiger charge is -2.33. The molecule has 3 nitrogen and oxygen atoms in total. The van der Waals surface area contributed by atoms with E-state index in [9.17, 15) is 0 Å². The molecule has 0 N–H and O–H groups in total. The van der Waals surface area contributed by atoms with E-state index in [-0.39, 0.29) is 0 Å². The fraction of sp³-hybridized carbons (Fsp3) is 0.667. The Morgan fingerprint density at radius 3 is 3.00 bits per heavy atom. The Morgan fingerprint density at radius 1 is 1.42 bits per heavy atom. The Labute approximate surface area is 72.0 Å². The maximum atomic E-state index is 4.32. The van der Waals surface area contributed by atoms with Crippen LogP contribution in [0, 0.1) is 0 Å². The number of likely N-dealkylation sites (N-methyl/N-ethyl adjacent to an activating group) is 1. The van der Waals surface area contributed by atoms with E-state index in [4.69, 9.17) is 0 Å². The standard InChI is InChI=1S/C9H13N3/c1-11-6-7-12-8(2-5-10-12)9(11)3-4-9/h2,5H,3-4,6-7H2,1H3. The SMILES string of the molecule is CN1CCn2nccc2C12CC2. The molecule has 0 bridgehead atoms. The van der Waals surface area contributed by atoms with Gasteiger partial charge in [-0.05, 0) is 26.0 Å². The molecule has 0 radical (unpaired) electrons. The number of fused-ring (bicyclic) bond motifs is 2. The first kappa shape index (κ1) is 6.66. The summed E-state index contributed by atoms with van der Waals surface area (Å²) in [5.41, 5.74) is 1.81. The quantitative estimate of drug-likeness (QED) is 0.564. The number of rotatable bonds is 0. The molecule has 0 atom stereocenters. The van der Waals surface area contributed by atoms with Crippen LogP contribution < -0.4 is 0 Å². The third kappa shape index (κ3) is 0.630. The van der Waals surface area contributed by atoms with Gasteiger partial charge < -0.3 is 0 Å². The molecule has 1 saturated carbocycles. The summed E-state index contributed by atoms with van der Waals surface area (Å²) in [5.74, 6) is 0. The monoisotopic (exact) mass is 163 g/mol. The van der Waals surface area contributed by atoms with Gasteiger partial charge in [0.15, 0.2) is 0 Å². The summed E-state index contributed by atoms with van der Waals surface area (Å²) in [7, 11) is 2.23. The van der Waals surface area contributed by atoms with E-state index in [0.29, 0.717) is 5.54 Å². The maximum absolute atomic E-state index is 4.32. The molecule has 0 saturated heterocycles. The van der Waals surface area contributed by atoms with E-state index in [2.05, 4.69) is 27.8 Å². The van der Waals surface area contributed by atoms with Crippen molar-refractivity contribution < 1.29 is 0 Å². The highest BCUT2D eigenvalue weighted by molar-refractivity contribution is 5.24. The van der Waals surface area contributed by atoms with Crippen LogP contribution in [0.4, 0.5) is 0 Å². The fourth-order valence-electron chi connectivity index (χ4n) is 2.32. The van der Waals surface area contributed by atoms with Crippen LogP contribution in [-0.2, 0) is 12.1 Å². The van der Waals surface area contributed by atoms with Crippen molar-refractivity contribution in [2.45, 2.75) is 24.9 Å². The predicted octanol–water partition coefficient (Wildman–Crippen LogP) is 0.818. The Kier molecular flexibility index (Phi) is 1.06. The van der Waals surface area contributed by atoms with Gasteiger partial charge in [-0.1, -0.05) is 0 Å². The molecule has 1 spiro atoms. The van der Waals surface area contributed by atoms with Gasteiger partial charge in [0.1, 0.15) is 0 Å². The van der Waals surface area contributed by atoms with Crippen LogP contribution in [0.25, 0.3) is 0 Å². The number of hydrogen-bond acceptors (Lipinski definition) is 2. The molecule has 0 aromatic carbocycles. The third-order valence-corrected chi connectivity index (χ3v) is 3.29. The van der Waals surface area contributed by atoms with Crippen molar-refractivity contribution >= 4 is 0 Å². The van der Waals surface area contributed by atoms with Crippen molar-refractivity contribution in [2.24, 2.45) is 0 Å². The second-order valence-electron chi connectivity index (χ2n) is 3.89. The second kappa shape index (κ2) is 1.91. The molecule has 3 rings (SSSR count). The van der Waals surface area contributed by atoms with Crippen LogP contribution in [0.2, 0.25) is 0 Å². The van der Waals surface area contributed by atoms with Crippen molar-refractivity contribution in [3.05, 3.63) is 18.0 Å². The molecule has 0 amide bonds. The average Bonchev–Trinajstić information content (AvgIpc) is 2.71. The van der Waals surface area contributed by atoms with Crippen molar-refractivity contribution in [1.82, 2.24) is 14.7 Å². The molecule has 1 aromatic heterocycles. The predicted molar refractivity (Wildman–Crippen MR) is 45.8 cm³/mol. The molecule has 1 aliphatic heterocycles. The molecule has 0 unspecified atom stereocenters. The molecule has 1 fully saturated rings. The van der Waals surface area contributed by atoms with E-state index in [1.807, 2.05) is 6.20 Å². The summed E-state index contributed by atoms with van der Waals surface area (Å²) < 4.78 is 2.16. The first-order valence-electron chi connectivity index (χ1n) is 4.56. The topological polar surface area (TPSA) is 21.1 Å². The average molecular weight is 163 g/mol. The molecule has 64 valence electrons. The zero-order valence-corrected chi connectivity index (χ0v) is 7.32. The summed E-state index contributed by atoms with van der Waals surface area (Å²) in [6.07, 6.45) is 4.55. The van der Waals surface area contributed by atoms with E-state index >= 15 is 0 Å². The molecule has 2 aliphatic rings. The van der Waals surface area contributed by atoms with Crippen LogP contribution in [0.5, 0.6) is 0 Å². The zero-order chi connectivity index (χ0) is 8.18. The fourth-order valence-corrected chi connectivity index (χ4v) is 2.32. The minimum absolute atomic E-state index is 0.384. The Balaban J connectivity index is 2.14. The maximum Gasteiger partial charge on any atom is 0.0630 e. The smallest absolute Gasteiger partial charge is 0.0630 e. The zero-order valence-electron chi connectivity index (χ0n) is 7.32. The van der Waals surface area contributed by atoms with Gasteiger partial charge in [0.25, 0.3) is 0 Å². The van der Waals surface area contributed by atoms with E-state index < -0.39 is 0 Å². The Hall–Kier alpha value is -0.830. The first-order valence-corrected chi connectivity index (χ1v) is 4.56. The van der Waals surface area contributed by atoms with Crippen LogP contribution in [0.15, 0.2) is 12.3 Å². The van der Waals surface area contributed by atoms with Crippen LogP contribution >= 0.6 is 0 Å². The van der Waals surface area contributed by atoms with E-state index in [1.54, 1.807) is 0 Å². The summed E-state index contributed by atoms with van der Waals surface area (Å²) in [6, 6.07) is 2.17. The summed E-state index contributed by atoms with van der Waals surface area (Å²) in [5, 5.41) is 4.32. The van der Waals surface area contributed by atoms with Gasteiger partial charge in [-0.2, -0.15) is 5.10 Å². The van der Waals surface area contributed by atoms with Gasteiger partial charge in [0.2, 0.25) is 0 Å². The third-order valence-electron chi connectivity index (χ3n) is 3.29. The van der Waals surface area contributed by atoms with Gasteiger partial charge in [-0.3, -0.25) is 9.58 Å². The number of nitrogens with zero attached hydrogens (tertiary/aromatic N) is 3. The summed E-state index contributed by atoms with van der Waals surface area (Å²) >= 11 is 0. The van der Waals surface area contributed by atoms with Gasteiger partial charge in [-0.15, -0.1) is 0 Å². The summed E-state index contributed by atoms with van der Waals surface area (Å²) in [4.78, 5) is 2.48. The highest BCUT2D eigenvalue weighted by Crippen LogP contribution is 2.51. The molecular formula is C9H13N3. The van der Waals surface area contributed by atoms with Gasteiger partial charge in [-0.25, -0.2) is 0 Å². The Morgan fingerprint density at radius 2 is 2.25 bits per heavy atom. The highest BCUT2D eigenvalue weighted by atomic mass is 15.4. The van der Waals surface area contributed by atoms with Crippen molar-refractivity contribution in [3.8, 4) is 0 Å². The minimum atomic E-state index is 0.384. The highest BCUT2D eigenvalue weighted by Gasteiger charge is 2.51. The lowest BCUT2D eigenvalue weighted by molar-refractivity contribution is 0.167. The summed E-state index contributed by atoms with van der Waals surface area (Å²) in [6.45, 7) is 2.20. The Bertz CT molecular complexity index is 311. The van der Waals surface area contributed by atoms with Crippen molar-refractivity contribution in [2.75, 3.05) is 13.6 Å². The van der Waals surface area contributed by atoms with Crippen LogP contribution in [-0.4, -0.2) is 28.3 Å². The first-order chi connectivity index (χ1) is 5.83. The van der Waals surface area contributed by atoms with Gasteiger partial charge in [0, 0.05) is 12.7 Å². The molecule has 12 heavy (non-hydrogen) atoms. The largest absolute Gasteiger partial charge is 0.293 e. The normalized spacial score (nSPS) is 25.8. The molecule has 1 aromatic rings. The molecular weight excluding hydrogens is 150 g/mol. The van der Waals surface area contributed by atoms with Crippen LogP contribution in [0.3, 0.4) is 0 Å². The lowest BCUT2D eigenvalue weighted by atomic mass is 10.1.